The molecule has 0 radical (unpaired) electrons. The third kappa shape index (κ3) is 2.64. The standard InChI is InChI=1S/C9H14BrNO/c1-2-3-4-7(11)8-5-6-9(10)12-8/h5-7H,2-4,11H2,1H3. The monoisotopic (exact) mass is 231 g/mol. The zero-order valence-corrected chi connectivity index (χ0v) is 8.80. The number of nitrogens with two attached hydrogens (primary N) is 1. The summed E-state index contributed by atoms with van der Waals surface area (Å²) in [5.41, 5.74) is 5.88. The lowest BCUT2D eigenvalue weighted by Gasteiger charge is -2.06. The number of hydrogen-bond acceptors (Lipinski definition) is 2. The first-order valence-electron chi connectivity index (χ1n) is 4.25. The molecule has 0 aliphatic carbocycles. The second kappa shape index (κ2) is 4.67. The fourth-order valence-corrected chi connectivity index (χ4v) is 1.41. The summed E-state index contributed by atoms with van der Waals surface area (Å²) in [6.07, 6.45) is 3.32. The first-order valence-corrected chi connectivity index (χ1v) is 5.04. The van der Waals surface area contributed by atoms with Crippen LogP contribution in [0.1, 0.15) is 38.0 Å². The highest BCUT2D eigenvalue weighted by molar-refractivity contribution is 9.10. The van der Waals surface area contributed by atoms with Crippen LogP contribution in [-0.2, 0) is 0 Å². The summed E-state index contributed by atoms with van der Waals surface area (Å²) in [4.78, 5) is 0. The van der Waals surface area contributed by atoms with Gasteiger partial charge in [-0.25, -0.2) is 0 Å². The molecule has 1 aromatic rings. The summed E-state index contributed by atoms with van der Waals surface area (Å²) in [5, 5.41) is 0. The third-order valence-corrected chi connectivity index (χ3v) is 2.25. The Balaban J connectivity index is 2.47. The van der Waals surface area contributed by atoms with Crippen molar-refractivity contribution in [2.24, 2.45) is 5.73 Å². The molecule has 0 aliphatic rings. The van der Waals surface area contributed by atoms with E-state index in [0.29, 0.717) is 0 Å². The molecule has 0 aliphatic heterocycles. The van der Waals surface area contributed by atoms with Gasteiger partial charge in [-0.2, -0.15) is 0 Å². The van der Waals surface area contributed by atoms with Gasteiger partial charge >= 0.3 is 0 Å². The molecule has 0 saturated carbocycles. The molecule has 0 amide bonds. The van der Waals surface area contributed by atoms with Crippen LogP contribution in [0, 0.1) is 0 Å². The van der Waals surface area contributed by atoms with E-state index in [1.807, 2.05) is 12.1 Å². The predicted octanol–water partition coefficient (Wildman–Crippen LogP) is 3.23. The van der Waals surface area contributed by atoms with Gasteiger partial charge in [-0.05, 0) is 34.5 Å². The predicted molar refractivity (Wildman–Crippen MR) is 52.9 cm³/mol. The molecule has 12 heavy (non-hydrogen) atoms. The van der Waals surface area contributed by atoms with Gasteiger partial charge in [0, 0.05) is 0 Å². The van der Waals surface area contributed by atoms with Crippen LogP contribution in [0.3, 0.4) is 0 Å². The highest BCUT2D eigenvalue weighted by atomic mass is 79.9. The highest BCUT2D eigenvalue weighted by Gasteiger charge is 2.08. The summed E-state index contributed by atoms with van der Waals surface area (Å²) in [6, 6.07) is 3.85. The minimum atomic E-state index is 0.0521. The molecule has 0 spiro atoms. The SMILES string of the molecule is CCCCC(N)c1ccc(Br)o1. The molecule has 1 heterocycles. The van der Waals surface area contributed by atoms with Crippen LogP contribution in [0.15, 0.2) is 21.2 Å². The van der Waals surface area contributed by atoms with E-state index in [9.17, 15) is 0 Å². The number of unbranched alkanes of at least 4 members (excludes halogenated alkanes) is 1. The molecule has 1 unspecified atom stereocenters. The summed E-state index contributed by atoms with van der Waals surface area (Å²) < 4.78 is 6.09. The first kappa shape index (κ1) is 9.81. The van der Waals surface area contributed by atoms with E-state index in [-0.39, 0.29) is 6.04 Å². The molecule has 0 fully saturated rings. The Bertz CT molecular complexity index is 234. The van der Waals surface area contributed by atoms with E-state index >= 15 is 0 Å². The summed E-state index contributed by atoms with van der Waals surface area (Å²) in [6.45, 7) is 2.16. The maximum absolute atomic E-state index is 5.88. The zero-order valence-electron chi connectivity index (χ0n) is 7.22. The van der Waals surface area contributed by atoms with E-state index in [0.717, 1.165) is 23.3 Å². The van der Waals surface area contributed by atoms with Gasteiger partial charge in [0.15, 0.2) is 4.67 Å². The molecule has 3 heteroatoms. The van der Waals surface area contributed by atoms with Crippen molar-refractivity contribution in [3.8, 4) is 0 Å². The van der Waals surface area contributed by atoms with E-state index in [1.54, 1.807) is 0 Å². The van der Waals surface area contributed by atoms with E-state index < -0.39 is 0 Å². The molecule has 68 valence electrons. The molecule has 0 saturated heterocycles. The zero-order chi connectivity index (χ0) is 8.97. The maximum atomic E-state index is 5.88. The molecular formula is C9H14BrNO. The molecule has 2 N–H and O–H groups in total. The lowest BCUT2D eigenvalue weighted by molar-refractivity contribution is 0.431. The van der Waals surface area contributed by atoms with Crippen molar-refractivity contribution in [2.75, 3.05) is 0 Å². The van der Waals surface area contributed by atoms with Crippen LogP contribution in [0.4, 0.5) is 0 Å². The highest BCUT2D eigenvalue weighted by Crippen LogP contribution is 2.22. The van der Waals surface area contributed by atoms with Crippen LogP contribution in [0.5, 0.6) is 0 Å². The summed E-state index contributed by atoms with van der Waals surface area (Å²) in [5.74, 6) is 0.871. The largest absolute Gasteiger partial charge is 0.453 e. The quantitative estimate of drug-likeness (QED) is 0.865. The van der Waals surface area contributed by atoms with Crippen LogP contribution < -0.4 is 5.73 Å². The van der Waals surface area contributed by atoms with E-state index in [1.165, 1.54) is 6.42 Å². The molecular weight excluding hydrogens is 218 g/mol. The second-order valence-electron chi connectivity index (χ2n) is 2.89. The molecule has 1 atom stereocenters. The Morgan fingerprint density at radius 3 is 2.83 bits per heavy atom. The van der Waals surface area contributed by atoms with Crippen LogP contribution in [0.25, 0.3) is 0 Å². The Morgan fingerprint density at radius 1 is 1.58 bits per heavy atom. The van der Waals surface area contributed by atoms with Gasteiger partial charge < -0.3 is 10.2 Å². The minimum Gasteiger partial charge on any atom is -0.453 e. The molecule has 0 bridgehead atoms. The van der Waals surface area contributed by atoms with Gasteiger partial charge in [0.2, 0.25) is 0 Å². The Hall–Kier alpha value is -0.280. The average Bonchev–Trinajstić information content (AvgIpc) is 2.47. The van der Waals surface area contributed by atoms with Crippen LogP contribution >= 0.6 is 15.9 Å². The average molecular weight is 232 g/mol. The Morgan fingerprint density at radius 2 is 2.33 bits per heavy atom. The summed E-state index contributed by atoms with van der Waals surface area (Å²) >= 11 is 3.25. The minimum absolute atomic E-state index is 0.0521. The number of hydrogen-bond donors (Lipinski definition) is 1. The second-order valence-corrected chi connectivity index (χ2v) is 3.67. The smallest absolute Gasteiger partial charge is 0.169 e. The normalized spacial score (nSPS) is 13.2. The fraction of sp³-hybridized carbons (Fsp3) is 0.556. The van der Waals surface area contributed by atoms with Crippen molar-refractivity contribution in [1.29, 1.82) is 0 Å². The Kier molecular flexibility index (Phi) is 3.82. The number of furan rings is 1. The van der Waals surface area contributed by atoms with Gasteiger partial charge in [0.05, 0.1) is 6.04 Å². The first-order chi connectivity index (χ1) is 5.74. The van der Waals surface area contributed by atoms with Gasteiger partial charge in [0.1, 0.15) is 5.76 Å². The number of rotatable bonds is 4. The lowest BCUT2D eigenvalue weighted by atomic mass is 10.1. The third-order valence-electron chi connectivity index (χ3n) is 1.83. The fourth-order valence-electron chi connectivity index (χ4n) is 1.09. The maximum Gasteiger partial charge on any atom is 0.169 e. The topological polar surface area (TPSA) is 39.2 Å². The van der Waals surface area contributed by atoms with E-state index in [4.69, 9.17) is 10.2 Å². The van der Waals surface area contributed by atoms with Gasteiger partial charge in [-0.1, -0.05) is 19.8 Å². The van der Waals surface area contributed by atoms with Crippen molar-refractivity contribution in [3.05, 3.63) is 22.6 Å². The molecule has 1 rings (SSSR count). The van der Waals surface area contributed by atoms with Gasteiger partial charge in [-0.3, -0.25) is 0 Å². The molecule has 2 nitrogen and oxygen atoms in total. The van der Waals surface area contributed by atoms with Gasteiger partial charge in [-0.15, -0.1) is 0 Å². The van der Waals surface area contributed by atoms with Crippen molar-refractivity contribution in [2.45, 2.75) is 32.2 Å². The molecule has 1 aromatic heterocycles. The van der Waals surface area contributed by atoms with E-state index in [2.05, 4.69) is 22.9 Å². The van der Waals surface area contributed by atoms with Crippen molar-refractivity contribution < 1.29 is 4.42 Å². The lowest BCUT2D eigenvalue weighted by Crippen LogP contribution is -2.08. The Labute approximate surface area is 81.3 Å². The molecule has 0 aromatic carbocycles. The number of halogens is 1. The van der Waals surface area contributed by atoms with Crippen LogP contribution in [-0.4, -0.2) is 0 Å². The van der Waals surface area contributed by atoms with Crippen LogP contribution in [0.2, 0.25) is 0 Å². The van der Waals surface area contributed by atoms with Crippen molar-refractivity contribution in [1.82, 2.24) is 0 Å². The van der Waals surface area contributed by atoms with Gasteiger partial charge in [0.25, 0.3) is 0 Å². The van der Waals surface area contributed by atoms with Crippen molar-refractivity contribution in [3.63, 3.8) is 0 Å². The summed E-state index contributed by atoms with van der Waals surface area (Å²) in [7, 11) is 0. The van der Waals surface area contributed by atoms with Crippen molar-refractivity contribution >= 4 is 15.9 Å².